The Morgan fingerprint density at radius 2 is 1.95 bits per heavy atom. The van der Waals surface area contributed by atoms with Crippen molar-refractivity contribution < 1.29 is 14.1 Å². The summed E-state index contributed by atoms with van der Waals surface area (Å²) in [4.78, 5) is 25.0. The average molecular weight is 302 g/mol. The van der Waals surface area contributed by atoms with Crippen LogP contribution in [0.3, 0.4) is 0 Å². The molecular weight excluding hydrogens is 284 g/mol. The van der Waals surface area contributed by atoms with E-state index in [1.807, 2.05) is 12.1 Å². The van der Waals surface area contributed by atoms with Gasteiger partial charge in [-0.05, 0) is 24.6 Å². The van der Waals surface area contributed by atoms with Crippen LogP contribution >= 0.6 is 0 Å². The monoisotopic (exact) mass is 302 g/mol. The number of anilines is 1. The first-order chi connectivity index (χ1) is 10.5. The number of carbonyl (C=O) groups is 2. The molecule has 0 aliphatic rings. The molecule has 0 radical (unpaired) electrons. The minimum atomic E-state index is -0.288. The summed E-state index contributed by atoms with van der Waals surface area (Å²) in [7, 11) is 3.26. The van der Waals surface area contributed by atoms with Gasteiger partial charge in [0.1, 0.15) is 5.76 Å². The maximum absolute atomic E-state index is 12.0. The van der Waals surface area contributed by atoms with E-state index in [4.69, 9.17) is 4.52 Å². The van der Waals surface area contributed by atoms with E-state index in [1.165, 1.54) is 4.90 Å². The topological polar surface area (TPSA) is 87.5 Å². The molecule has 0 bridgehead atoms. The highest BCUT2D eigenvalue weighted by Crippen LogP contribution is 2.10. The lowest BCUT2D eigenvalue weighted by Crippen LogP contribution is -2.31. The number of aryl methyl sites for hydroxylation is 1. The molecule has 0 aliphatic carbocycles. The van der Waals surface area contributed by atoms with E-state index in [0.717, 1.165) is 5.56 Å². The van der Waals surface area contributed by atoms with Crippen molar-refractivity contribution in [3.63, 3.8) is 0 Å². The van der Waals surface area contributed by atoms with Gasteiger partial charge in [-0.3, -0.25) is 10.1 Å². The van der Waals surface area contributed by atoms with Gasteiger partial charge in [-0.25, -0.2) is 4.79 Å². The minimum absolute atomic E-state index is 0.140. The smallest absolute Gasteiger partial charge is 0.323 e. The fraction of sp³-hybridized carbons (Fsp3) is 0.267. The number of rotatable bonds is 4. The second kappa shape index (κ2) is 6.75. The molecule has 0 saturated heterocycles. The van der Waals surface area contributed by atoms with Gasteiger partial charge in [-0.15, -0.1) is 0 Å². The molecular formula is C15H18N4O3. The Balaban J connectivity index is 1.94. The van der Waals surface area contributed by atoms with Gasteiger partial charge in [0, 0.05) is 32.3 Å². The first-order valence-corrected chi connectivity index (χ1v) is 6.76. The lowest BCUT2D eigenvalue weighted by molar-refractivity contribution is 0.0963. The zero-order chi connectivity index (χ0) is 16.1. The summed E-state index contributed by atoms with van der Waals surface area (Å²) in [6.07, 6.45) is 0. The van der Waals surface area contributed by atoms with Crippen molar-refractivity contribution in [3.05, 3.63) is 47.2 Å². The number of benzene rings is 1. The molecule has 7 nitrogen and oxygen atoms in total. The summed E-state index contributed by atoms with van der Waals surface area (Å²) >= 11 is 0. The Labute approximate surface area is 128 Å². The van der Waals surface area contributed by atoms with E-state index in [9.17, 15) is 9.59 Å². The highest BCUT2D eigenvalue weighted by molar-refractivity contribution is 5.94. The molecule has 22 heavy (non-hydrogen) atoms. The maximum Gasteiger partial charge on any atom is 0.323 e. The van der Waals surface area contributed by atoms with Crippen LogP contribution in [-0.4, -0.2) is 36.1 Å². The molecule has 7 heteroatoms. The third kappa shape index (κ3) is 3.85. The normalized spacial score (nSPS) is 10.1. The van der Waals surface area contributed by atoms with Crippen LogP contribution in [0.4, 0.5) is 10.6 Å². The Morgan fingerprint density at radius 3 is 2.50 bits per heavy atom. The quantitative estimate of drug-likeness (QED) is 0.904. The molecule has 2 aromatic rings. The molecule has 1 aromatic carbocycles. The zero-order valence-electron chi connectivity index (χ0n) is 12.7. The molecule has 2 N–H and O–H groups in total. The van der Waals surface area contributed by atoms with Crippen molar-refractivity contribution in [2.75, 3.05) is 19.4 Å². The van der Waals surface area contributed by atoms with Crippen LogP contribution in [0.1, 0.15) is 21.7 Å². The zero-order valence-corrected chi connectivity index (χ0v) is 12.7. The number of aromatic nitrogens is 1. The SMILES string of the molecule is CNC(=O)c1ccc(CN(C)C(=O)Nc2cc(C)on2)cc1. The van der Waals surface area contributed by atoms with Gasteiger partial charge >= 0.3 is 6.03 Å². The van der Waals surface area contributed by atoms with Crippen molar-refractivity contribution in [2.45, 2.75) is 13.5 Å². The van der Waals surface area contributed by atoms with Gasteiger partial charge in [0.05, 0.1) is 0 Å². The third-order valence-corrected chi connectivity index (χ3v) is 3.07. The Bertz CT molecular complexity index is 664. The number of nitrogens with one attached hydrogen (secondary N) is 2. The second-order valence-electron chi connectivity index (χ2n) is 4.89. The first-order valence-electron chi connectivity index (χ1n) is 6.76. The highest BCUT2D eigenvalue weighted by Gasteiger charge is 2.12. The van der Waals surface area contributed by atoms with Crippen LogP contribution in [0.25, 0.3) is 0 Å². The van der Waals surface area contributed by atoms with Crippen molar-refractivity contribution >= 4 is 17.8 Å². The predicted octanol–water partition coefficient (Wildman–Crippen LogP) is 2.01. The van der Waals surface area contributed by atoms with E-state index in [0.29, 0.717) is 23.7 Å². The van der Waals surface area contributed by atoms with E-state index in [2.05, 4.69) is 15.8 Å². The number of hydrogen-bond donors (Lipinski definition) is 2. The van der Waals surface area contributed by atoms with E-state index in [-0.39, 0.29) is 11.9 Å². The first kappa shape index (κ1) is 15.6. The molecule has 3 amide bonds. The number of carbonyl (C=O) groups excluding carboxylic acids is 2. The molecule has 0 atom stereocenters. The lowest BCUT2D eigenvalue weighted by atomic mass is 10.1. The maximum atomic E-state index is 12.0. The van der Waals surface area contributed by atoms with Crippen molar-refractivity contribution in [3.8, 4) is 0 Å². The summed E-state index contributed by atoms with van der Waals surface area (Å²) in [6.45, 7) is 2.16. The Morgan fingerprint density at radius 1 is 1.27 bits per heavy atom. The summed E-state index contributed by atoms with van der Waals surface area (Å²) in [5.41, 5.74) is 1.50. The third-order valence-electron chi connectivity index (χ3n) is 3.07. The average Bonchev–Trinajstić information content (AvgIpc) is 2.92. The fourth-order valence-corrected chi connectivity index (χ4v) is 1.88. The molecule has 0 spiro atoms. The summed E-state index contributed by atoms with van der Waals surface area (Å²) < 4.78 is 4.89. The number of nitrogens with zero attached hydrogens (tertiary/aromatic N) is 2. The molecule has 2 rings (SSSR count). The summed E-state index contributed by atoms with van der Waals surface area (Å²) in [5.74, 6) is 0.867. The molecule has 0 fully saturated rings. The van der Waals surface area contributed by atoms with Gasteiger partial charge in [0.15, 0.2) is 5.82 Å². The molecule has 0 aliphatic heterocycles. The number of amides is 3. The van der Waals surface area contributed by atoms with Gasteiger partial charge in [-0.2, -0.15) is 0 Å². The molecule has 1 heterocycles. The molecule has 1 aromatic heterocycles. The van der Waals surface area contributed by atoms with Crippen molar-refractivity contribution in [1.82, 2.24) is 15.4 Å². The number of urea groups is 1. The van der Waals surface area contributed by atoms with Crippen LogP contribution in [0.5, 0.6) is 0 Å². The van der Waals surface area contributed by atoms with Gasteiger partial charge in [0.25, 0.3) is 5.91 Å². The summed E-state index contributed by atoms with van der Waals surface area (Å²) in [6, 6.07) is 8.43. The molecule has 0 saturated carbocycles. The van der Waals surface area contributed by atoms with E-state index in [1.54, 1.807) is 39.2 Å². The van der Waals surface area contributed by atoms with Crippen LogP contribution in [0.2, 0.25) is 0 Å². The Kier molecular flexibility index (Phi) is 4.77. The van der Waals surface area contributed by atoms with Gasteiger partial charge in [-0.1, -0.05) is 17.3 Å². The minimum Gasteiger partial charge on any atom is -0.360 e. The largest absolute Gasteiger partial charge is 0.360 e. The van der Waals surface area contributed by atoms with Crippen LogP contribution in [-0.2, 0) is 6.54 Å². The highest BCUT2D eigenvalue weighted by atomic mass is 16.5. The lowest BCUT2D eigenvalue weighted by Gasteiger charge is -2.17. The van der Waals surface area contributed by atoms with E-state index < -0.39 is 0 Å². The summed E-state index contributed by atoms with van der Waals surface area (Å²) in [5, 5.41) is 8.91. The van der Waals surface area contributed by atoms with Crippen LogP contribution < -0.4 is 10.6 Å². The standard InChI is InChI=1S/C15H18N4O3/c1-10-8-13(18-22-10)17-15(21)19(3)9-11-4-6-12(7-5-11)14(20)16-2/h4-8H,9H2,1-3H3,(H,16,20)(H,17,18,21). The predicted molar refractivity (Wildman–Crippen MR) is 81.6 cm³/mol. The van der Waals surface area contributed by atoms with Crippen molar-refractivity contribution in [2.24, 2.45) is 0 Å². The molecule has 116 valence electrons. The second-order valence-corrected chi connectivity index (χ2v) is 4.89. The van der Waals surface area contributed by atoms with Gasteiger partial charge < -0.3 is 14.7 Å². The fourth-order valence-electron chi connectivity index (χ4n) is 1.88. The van der Waals surface area contributed by atoms with Gasteiger partial charge in [0.2, 0.25) is 0 Å². The van der Waals surface area contributed by atoms with Crippen molar-refractivity contribution in [1.29, 1.82) is 0 Å². The van der Waals surface area contributed by atoms with E-state index >= 15 is 0 Å². The van der Waals surface area contributed by atoms with Crippen LogP contribution in [0, 0.1) is 6.92 Å². The van der Waals surface area contributed by atoms with Crippen LogP contribution in [0.15, 0.2) is 34.9 Å². The molecule has 0 unspecified atom stereocenters. The number of hydrogen-bond acceptors (Lipinski definition) is 4. The Hall–Kier alpha value is -2.83.